The molecule has 0 amide bonds. The van der Waals surface area contributed by atoms with Crippen LogP contribution in [0, 0.1) is 58.2 Å². The van der Waals surface area contributed by atoms with Gasteiger partial charge >= 0.3 is 5.97 Å². The molecule has 0 bridgehead atoms. The van der Waals surface area contributed by atoms with Crippen LogP contribution >= 0.6 is 0 Å². The predicted octanol–water partition coefficient (Wildman–Crippen LogP) is 2.36. The van der Waals surface area contributed by atoms with Crippen molar-refractivity contribution in [1.82, 2.24) is 0 Å². The number of cyclic esters (lactones) is 1. The molecule has 5 N–H and O–H groups in total. The second-order valence-corrected chi connectivity index (χ2v) is 13.2. The molecule has 1 unspecified atom stereocenters. The lowest BCUT2D eigenvalue weighted by atomic mass is 9.48. The van der Waals surface area contributed by atoms with Crippen molar-refractivity contribution >= 4 is 5.97 Å². The van der Waals surface area contributed by atoms with E-state index in [2.05, 4.69) is 20.8 Å². The van der Waals surface area contributed by atoms with Crippen LogP contribution in [-0.2, 0) is 9.53 Å². The quantitative estimate of drug-likeness (QED) is 0.357. The lowest BCUT2D eigenvalue weighted by Crippen LogP contribution is -2.55. The van der Waals surface area contributed by atoms with E-state index in [1.54, 1.807) is 0 Å². The lowest BCUT2D eigenvalue weighted by molar-refractivity contribution is -0.162. The Labute approximate surface area is 210 Å². The molecule has 3 saturated carbocycles. The Morgan fingerprint density at radius 2 is 1.63 bits per heavy atom. The second-order valence-electron chi connectivity index (χ2n) is 13.2. The monoisotopic (exact) mass is 496 g/mol. The van der Waals surface area contributed by atoms with Gasteiger partial charge in [0.25, 0.3) is 0 Å². The SMILES string of the molecule is CC(CO)[C@H](C)[C@@H](O)[C@@H](O)[C@@H](C)[C@H]1CC[C@H]2[C@@H]3COC(=O)[C@H]4C[C@H](O)[C@H](O)C[C@]4(C)[C@H]3CC[C@]12C. The van der Waals surface area contributed by atoms with E-state index in [1.165, 1.54) is 0 Å². The molecule has 3 aliphatic carbocycles. The summed E-state index contributed by atoms with van der Waals surface area (Å²) in [5, 5.41) is 52.4. The molecule has 35 heavy (non-hydrogen) atoms. The van der Waals surface area contributed by atoms with Gasteiger partial charge in [0.05, 0.1) is 36.9 Å². The summed E-state index contributed by atoms with van der Waals surface area (Å²) in [5.41, 5.74) is -0.421. The third-order valence-corrected chi connectivity index (χ3v) is 11.7. The highest BCUT2D eigenvalue weighted by Gasteiger charge is 2.63. The van der Waals surface area contributed by atoms with E-state index >= 15 is 0 Å². The van der Waals surface area contributed by atoms with Crippen molar-refractivity contribution in [2.75, 3.05) is 13.2 Å². The summed E-state index contributed by atoms with van der Waals surface area (Å²) in [7, 11) is 0. The molecular formula is C28H48O7. The summed E-state index contributed by atoms with van der Waals surface area (Å²) in [4.78, 5) is 13.0. The van der Waals surface area contributed by atoms with Crippen molar-refractivity contribution in [2.45, 2.75) is 97.6 Å². The zero-order valence-corrected chi connectivity index (χ0v) is 22.1. The standard InChI is InChI=1S/C28H48O7/c1-14(12-29)15(2)24(32)25(33)16(3)18-6-7-19-17-13-35-26(34)21-10-22(30)23(31)11-28(21,5)20(17)8-9-27(18,19)4/h14-25,29-33H,6-13H2,1-5H3/t14?,15-,16-,17-,18+,19-,20-,21+,22-,23+,24+,25-,27+,28+/m0/s1. The van der Waals surface area contributed by atoms with Crippen LogP contribution in [0.5, 0.6) is 0 Å². The lowest BCUT2D eigenvalue weighted by Gasteiger charge is -2.56. The van der Waals surface area contributed by atoms with Crippen molar-refractivity contribution in [3.05, 3.63) is 0 Å². The number of hydrogen-bond acceptors (Lipinski definition) is 7. The molecule has 0 aromatic carbocycles. The van der Waals surface area contributed by atoms with E-state index < -0.39 is 29.8 Å². The fourth-order valence-electron chi connectivity index (χ4n) is 9.06. The van der Waals surface area contributed by atoms with Gasteiger partial charge in [-0.15, -0.1) is 0 Å². The third-order valence-electron chi connectivity index (χ3n) is 11.7. The summed E-state index contributed by atoms with van der Waals surface area (Å²) in [6.45, 7) is 10.7. The minimum absolute atomic E-state index is 0.0180. The first-order chi connectivity index (χ1) is 16.4. The van der Waals surface area contributed by atoms with Crippen molar-refractivity contribution in [1.29, 1.82) is 0 Å². The van der Waals surface area contributed by atoms with Crippen LogP contribution in [-0.4, -0.2) is 69.1 Å². The summed E-state index contributed by atoms with van der Waals surface area (Å²) < 4.78 is 5.85. The topological polar surface area (TPSA) is 127 Å². The van der Waals surface area contributed by atoms with Crippen LogP contribution in [0.2, 0.25) is 0 Å². The molecular weight excluding hydrogens is 448 g/mol. The molecule has 4 fully saturated rings. The summed E-state index contributed by atoms with van der Waals surface area (Å²) in [5.74, 6) is 0.0316. The van der Waals surface area contributed by atoms with Gasteiger partial charge in [-0.05, 0) is 90.8 Å². The maximum atomic E-state index is 13.0. The average molecular weight is 497 g/mol. The first-order valence-corrected chi connectivity index (χ1v) is 13.9. The number of aliphatic hydroxyl groups is 5. The van der Waals surface area contributed by atoms with Crippen molar-refractivity contribution < 1.29 is 35.1 Å². The van der Waals surface area contributed by atoms with Crippen LogP contribution in [0.15, 0.2) is 0 Å². The zero-order valence-electron chi connectivity index (χ0n) is 22.1. The highest BCUT2D eigenvalue weighted by Crippen LogP contribution is 2.66. The second kappa shape index (κ2) is 9.86. The van der Waals surface area contributed by atoms with E-state index in [-0.39, 0.29) is 65.8 Å². The van der Waals surface area contributed by atoms with Crippen molar-refractivity contribution in [2.24, 2.45) is 58.2 Å². The molecule has 1 saturated heterocycles. The predicted molar refractivity (Wildman–Crippen MR) is 131 cm³/mol. The van der Waals surface area contributed by atoms with Crippen molar-refractivity contribution in [3.8, 4) is 0 Å². The summed E-state index contributed by atoms with van der Waals surface area (Å²) in [6, 6.07) is 0. The first kappa shape index (κ1) is 27.3. The minimum Gasteiger partial charge on any atom is -0.465 e. The molecule has 7 nitrogen and oxygen atoms in total. The largest absolute Gasteiger partial charge is 0.465 e. The Hall–Kier alpha value is -0.730. The van der Waals surface area contributed by atoms with Crippen LogP contribution < -0.4 is 0 Å². The molecule has 0 aromatic rings. The van der Waals surface area contributed by atoms with Crippen LogP contribution in [0.25, 0.3) is 0 Å². The fraction of sp³-hybridized carbons (Fsp3) is 0.964. The van der Waals surface area contributed by atoms with Crippen LogP contribution in [0.1, 0.15) is 73.1 Å². The van der Waals surface area contributed by atoms with Crippen LogP contribution in [0.3, 0.4) is 0 Å². The van der Waals surface area contributed by atoms with E-state index in [1.807, 2.05) is 13.8 Å². The summed E-state index contributed by atoms with van der Waals surface area (Å²) >= 11 is 0. The van der Waals surface area contributed by atoms with Crippen molar-refractivity contribution in [3.63, 3.8) is 0 Å². The van der Waals surface area contributed by atoms with Gasteiger partial charge in [0, 0.05) is 6.61 Å². The number of carbonyl (C=O) groups excluding carboxylic acids is 1. The van der Waals surface area contributed by atoms with Gasteiger partial charge in [-0.2, -0.15) is 0 Å². The average Bonchev–Trinajstić information content (AvgIpc) is 3.14. The summed E-state index contributed by atoms with van der Waals surface area (Å²) in [6.07, 6.45) is 1.12. The highest BCUT2D eigenvalue weighted by molar-refractivity contribution is 5.74. The van der Waals surface area contributed by atoms with E-state index in [0.29, 0.717) is 18.9 Å². The van der Waals surface area contributed by atoms with Gasteiger partial charge in [0.2, 0.25) is 0 Å². The van der Waals surface area contributed by atoms with E-state index in [4.69, 9.17) is 4.74 Å². The Kier molecular flexibility index (Phi) is 7.70. The van der Waals surface area contributed by atoms with Gasteiger partial charge in [-0.1, -0.05) is 34.6 Å². The van der Waals surface area contributed by atoms with E-state index in [0.717, 1.165) is 25.7 Å². The molecule has 7 heteroatoms. The molecule has 0 radical (unpaired) electrons. The maximum absolute atomic E-state index is 13.0. The molecule has 14 atom stereocenters. The molecule has 4 rings (SSSR count). The Morgan fingerprint density at radius 1 is 0.971 bits per heavy atom. The number of fused-ring (bicyclic) bond motifs is 5. The normalized spacial score (nSPS) is 47.8. The number of carbonyl (C=O) groups is 1. The van der Waals surface area contributed by atoms with Gasteiger partial charge in [0.15, 0.2) is 0 Å². The molecule has 202 valence electrons. The highest BCUT2D eigenvalue weighted by atomic mass is 16.5. The minimum atomic E-state index is -0.889. The smallest absolute Gasteiger partial charge is 0.309 e. The fourth-order valence-corrected chi connectivity index (χ4v) is 9.06. The number of rotatable bonds is 6. The maximum Gasteiger partial charge on any atom is 0.309 e. The van der Waals surface area contributed by atoms with Crippen LogP contribution in [0.4, 0.5) is 0 Å². The molecule has 1 aliphatic heterocycles. The van der Waals surface area contributed by atoms with Gasteiger partial charge < -0.3 is 30.3 Å². The van der Waals surface area contributed by atoms with Gasteiger partial charge in [-0.3, -0.25) is 4.79 Å². The Morgan fingerprint density at radius 3 is 2.29 bits per heavy atom. The molecule has 4 aliphatic rings. The molecule has 0 aromatic heterocycles. The Bertz CT molecular complexity index is 774. The first-order valence-electron chi connectivity index (χ1n) is 13.9. The van der Waals surface area contributed by atoms with E-state index in [9.17, 15) is 30.3 Å². The molecule has 0 spiro atoms. The number of hydrogen-bond donors (Lipinski definition) is 5. The van der Waals surface area contributed by atoms with Gasteiger partial charge in [0.1, 0.15) is 0 Å². The number of aliphatic hydroxyl groups excluding tert-OH is 5. The zero-order chi connectivity index (χ0) is 25.9. The third kappa shape index (κ3) is 4.37. The Balaban J connectivity index is 1.56. The number of esters is 1. The number of ether oxygens (including phenoxy) is 1. The van der Waals surface area contributed by atoms with Gasteiger partial charge in [-0.25, -0.2) is 0 Å². The molecule has 1 heterocycles.